The van der Waals surface area contributed by atoms with Crippen LogP contribution in [-0.2, 0) is 47.9 Å². The van der Waals surface area contributed by atoms with Gasteiger partial charge in [-0.25, -0.2) is 4.79 Å². The van der Waals surface area contributed by atoms with Crippen molar-refractivity contribution in [3.8, 4) is 5.75 Å². The van der Waals surface area contributed by atoms with E-state index >= 15 is 9.59 Å². The molecule has 1 aliphatic carbocycles. The number of esters is 1. The average molecular weight is 941 g/mol. The molecular formula is C47H72N8O12. The first-order chi connectivity index (χ1) is 31.4. The molecule has 9 N–H and O–H groups in total. The van der Waals surface area contributed by atoms with Gasteiger partial charge >= 0.3 is 5.97 Å². The fourth-order valence-corrected chi connectivity index (χ4v) is 8.78. The standard InChI is InChI=1S/C47H72N8O12/c1-11-25(7)36-45(65)67-27(9)37(52-40(60)31(17-19-34(48)57)49-39(59)24(5)6)42(62)51-33(21-23(3)4)41(61)50-32-18-20-35(58)55(43(32)63)38(26(8)12-2)44(64)54(10)47(46(66)53-36)22-30(47)28-13-15-29(56)16-14-28/h13-16,23-27,30-33,35-38,56,58H,11-12,17-22H2,1-10H3,(H2,48,57)(H,49,59)(H,50,61)(H,51,62)(H,52,60)(H,53,66)/t25-,26-,27+,30?,31-,32-,33-,35+,36?,37-,38-,47?/m0/s1. The van der Waals surface area contributed by atoms with Crippen molar-refractivity contribution in [1.82, 2.24) is 36.4 Å². The normalized spacial score (nSPS) is 29.1. The third-order valence-corrected chi connectivity index (χ3v) is 13.5. The number of nitrogens with two attached hydrogens (primary N) is 1. The van der Waals surface area contributed by atoms with Crippen LogP contribution in [0.4, 0.5) is 0 Å². The second-order valence-electron chi connectivity index (χ2n) is 19.2. The van der Waals surface area contributed by atoms with Crippen LogP contribution < -0.4 is 32.3 Å². The Bertz CT molecular complexity index is 2010. The zero-order valence-corrected chi connectivity index (χ0v) is 40.4. The van der Waals surface area contributed by atoms with Crippen molar-refractivity contribution in [2.45, 2.75) is 174 Å². The summed E-state index contributed by atoms with van der Waals surface area (Å²) in [5.41, 5.74) is 4.33. The number of nitrogens with zero attached hydrogens (tertiary/aromatic N) is 2. The molecule has 4 rings (SSSR count). The van der Waals surface area contributed by atoms with Crippen molar-refractivity contribution >= 4 is 53.2 Å². The van der Waals surface area contributed by atoms with Crippen molar-refractivity contribution in [3.05, 3.63) is 29.8 Å². The van der Waals surface area contributed by atoms with E-state index in [0.29, 0.717) is 18.4 Å². The van der Waals surface area contributed by atoms with E-state index in [9.17, 15) is 43.8 Å². The number of phenols is 1. The topological polar surface area (TPSA) is 296 Å². The van der Waals surface area contributed by atoms with Gasteiger partial charge in [0, 0.05) is 25.3 Å². The summed E-state index contributed by atoms with van der Waals surface area (Å²) in [5, 5.41) is 35.0. The van der Waals surface area contributed by atoms with E-state index < -0.39 is 131 Å². The number of fused-ring (bicyclic) bond motifs is 2. The first-order valence-electron chi connectivity index (χ1n) is 23.5. The fourth-order valence-electron chi connectivity index (χ4n) is 8.78. The summed E-state index contributed by atoms with van der Waals surface area (Å²) < 4.78 is 5.95. The zero-order chi connectivity index (χ0) is 50.2. The molecule has 1 aromatic carbocycles. The van der Waals surface area contributed by atoms with Crippen LogP contribution in [0.1, 0.15) is 125 Å². The number of likely N-dealkylation sites (N-methyl/N-ethyl adjacent to an activating group) is 1. The number of carbonyl (C=O) groups is 9. The molecule has 0 aromatic heterocycles. The summed E-state index contributed by atoms with van der Waals surface area (Å²) in [6.07, 6.45) is -2.73. The number of piperidine rings is 1. The lowest BCUT2D eigenvalue weighted by atomic mass is 9.90. The highest BCUT2D eigenvalue weighted by Gasteiger charge is 2.66. The van der Waals surface area contributed by atoms with E-state index in [1.165, 1.54) is 31.0 Å². The first-order valence-corrected chi connectivity index (χ1v) is 23.5. The lowest BCUT2D eigenvalue weighted by Gasteiger charge is -2.45. The number of amides is 8. The second-order valence-corrected chi connectivity index (χ2v) is 19.2. The van der Waals surface area contributed by atoms with Crippen LogP contribution in [0.3, 0.4) is 0 Å². The Morgan fingerprint density at radius 2 is 1.51 bits per heavy atom. The van der Waals surface area contributed by atoms with E-state index in [0.717, 1.165) is 4.90 Å². The molecule has 3 unspecified atom stereocenters. The van der Waals surface area contributed by atoms with Gasteiger partial charge in [-0.2, -0.15) is 0 Å². The summed E-state index contributed by atoms with van der Waals surface area (Å²) in [6.45, 7) is 15.1. The molecule has 1 aromatic rings. The van der Waals surface area contributed by atoms with Gasteiger partial charge in [-0.3, -0.25) is 38.4 Å². The van der Waals surface area contributed by atoms with Crippen molar-refractivity contribution in [2.24, 2.45) is 29.4 Å². The van der Waals surface area contributed by atoms with Crippen LogP contribution in [0.25, 0.3) is 0 Å². The summed E-state index contributed by atoms with van der Waals surface area (Å²) in [5.74, 6) is -9.78. The Morgan fingerprint density at radius 3 is 2.07 bits per heavy atom. The summed E-state index contributed by atoms with van der Waals surface area (Å²) in [6, 6.07) is -2.26. The van der Waals surface area contributed by atoms with E-state index in [1.54, 1.807) is 60.6 Å². The maximum absolute atomic E-state index is 15.1. The summed E-state index contributed by atoms with van der Waals surface area (Å²) in [7, 11) is 1.43. The maximum Gasteiger partial charge on any atom is 0.329 e. The number of aliphatic hydroxyl groups excluding tert-OH is 1. The molecule has 2 aliphatic heterocycles. The molecular weight excluding hydrogens is 869 g/mol. The number of benzene rings is 1. The smallest absolute Gasteiger partial charge is 0.329 e. The molecule has 2 heterocycles. The Hall–Kier alpha value is -5.79. The van der Waals surface area contributed by atoms with Crippen LogP contribution in [0.15, 0.2) is 24.3 Å². The molecule has 20 heteroatoms. The number of hydrogen-bond donors (Lipinski definition) is 8. The Morgan fingerprint density at radius 1 is 0.881 bits per heavy atom. The van der Waals surface area contributed by atoms with Crippen molar-refractivity contribution in [2.75, 3.05) is 7.05 Å². The van der Waals surface area contributed by atoms with E-state index in [1.807, 2.05) is 6.92 Å². The highest BCUT2D eigenvalue weighted by molar-refractivity contribution is 6.01. The zero-order valence-electron chi connectivity index (χ0n) is 40.4. The molecule has 12 atom stereocenters. The van der Waals surface area contributed by atoms with Crippen LogP contribution >= 0.6 is 0 Å². The third kappa shape index (κ3) is 12.6. The number of rotatable bonds is 14. The number of cyclic esters (lactones) is 1. The minimum atomic E-state index is -1.74. The highest BCUT2D eigenvalue weighted by Crippen LogP contribution is 2.56. The number of phenolic OH excluding ortho intramolecular Hbond substituents is 1. The predicted molar refractivity (Wildman–Crippen MR) is 244 cm³/mol. The van der Waals surface area contributed by atoms with Crippen LogP contribution in [0.2, 0.25) is 0 Å². The SMILES string of the molecule is CC[C@H](C)C1NC(=O)C2(CC2c2ccc(O)cc2)N(C)C(=O)[C@H]([C@@H](C)CC)N2C(=O)[C@H](CC[C@H]2O)NC(=O)[C@H](CC(C)C)NC(=O)[C@@H](NC(=O)[C@H](CCC(N)=O)NC(=O)C(C)C)[C@@H](C)OC1=O. The van der Waals surface area contributed by atoms with Gasteiger partial charge in [0.25, 0.3) is 0 Å². The molecule has 2 bridgehead atoms. The second kappa shape index (κ2) is 22.8. The van der Waals surface area contributed by atoms with E-state index in [2.05, 4.69) is 26.6 Å². The fraction of sp³-hybridized carbons (Fsp3) is 0.681. The average Bonchev–Trinajstić information content (AvgIpc) is 4.03. The maximum atomic E-state index is 15.1. The molecule has 1 spiro atoms. The van der Waals surface area contributed by atoms with Crippen molar-refractivity contribution < 1.29 is 58.1 Å². The van der Waals surface area contributed by atoms with Gasteiger partial charge in [0.05, 0.1) is 0 Å². The monoisotopic (exact) mass is 941 g/mol. The van der Waals surface area contributed by atoms with Crippen LogP contribution in [0.5, 0.6) is 5.75 Å². The number of ether oxygens (including phenoxy) is 1. The molecule has 8 amide bonds. The molecule has 0 radical (unpaired) electrons. The molecule has 2 saturated heterocycles. The minimum Gasteiger partial charge on any atom is -0.508 e. The van der Waals surface area contributed by atoms with Gasteiger partial charge in [0.1, 0.15) is 59.9 Å². The Kier molecular flexibility index (Phi) is 18.3. The number of nitrogens with one attached hydrogen (secondary N) is 5. The molecule has 3 fully saturated rings. The van der Waals surface area contributed by atoms with Crippen molar-refractivity contribution in [1.29, 1.82) is 0 Å². The molecule has 1 saturated carbocycles. The van der Waals surface area contributed by atoms with Crippen LogP contribution in [0, 0.1) is 23.7 Å². The number of primary amides is 1. The van der Waals surface area contributed by atoms with Gasteiger partial charge in [0.15, 0.2) is 0 Å². The Labute approximate surface area is 392 Å². The van der Waals surface area contributed by atoms with E-state index in [-0.39, 0.29) is 50.2 Å². The molecule has 20 nitrogen and oxygen atoms in total. The number of carbonyl (C=O) groups excluding carboxylic acids is 9. The minimum absolute atomic E-state index is 0.0193. The van der Waals surface area contributed by atoms with Gasteiger partial charge in [-0.1, -0.05) is 80.4 Å². The molecule has 3 aliphatic rings. The number of aliphatic hydroxyl groups is 1. The predicted octanol–water partition coefficient (Wildman–Crippen LogP) is 0.815. The van der Waals surface area contributed by atoms with Gasteiger partial charge in [-0.05, 0) is 74.5 Å². The third-order valence-electron chi connectivity index (χ3n) is 13.5. The van der Waals surface area contributed by atoms with E-state index in [4.69, 9.17) is 10.5 Å². The summed E-state index contributed by atoms with van der Waals surface area (Å²) in [4.78, 5) is 129. The first kappa shape index (κ1) is 53.8. The van der Waals surface area contributed by atoms with Gasteiger partial charge in [-0.15, -0.1) is 0 Å². The quantitative estimate of drug-likeness (QED) is 0.120. The largest absolute Gasteiger partial charge is 0.508 e. The summed E-state index contributed by atoms with van der Waals surface area (Å²) >= 11 is 0. The van der Waals surface area contributed by atoms with Gasteiger partial charge in [0.2, 0.25) is 47.3 Å². The van der Waals surface area contributed by atoms with Crippen LogP contribution in [-0.4, -0.2) is 134 Å². The molecule has 372 valence electrons. The Balaban J connectivity index is 1.90. The number of hydrogen-bond acceptors (Lipinski definition) is 12. The number of aromatic hydroxyl groups is 1. The van der Waals surface area contributed by atoms with Gasteiger partial charge < -0.3 is 57.1 Å². The lowest BCUT2D eigenvalue weighted by molar-refractivity contribution is -0.168. The molecule has 67 heavy (non-hydrogen) atoms. The van der Waals surface area contributed by atoms with Crippen molar-refractivity contribution in [3.63, 3.8) is 0 Å². The lowest BCUT2D eigenvalue weighted by Crippen LogP contribution is -2.66. The highest BCUT2D eigenvalue weighted by atomic mass is 16.5.